The highest BCUT2D eigenvalue weighted by Gasteiger charge is 2.30. The standard InChI is InChI=1S/C25H37FO/c1-2-27-25-17-15-24(16-18-25)23-13-11-22(12-14-23)21-9-7-20(8-10-21)6-4-3-5-19-26/h4,6,15-18,20-23H,2-3,5,7-14,19H2,1H3/b6-4+/t20-,21-,22?,23?. The molecule has 150 valence electrons. The Bertz CT molecular complexity index is 548. The largest absolute Gasteiger partial charge is 0.494 e. The number of hydrogen-bond donors (Lipinski definition) is 0. The summed E-state index contributed by atoms with van der Waals surface area (Å²) in [6, 6.07) is 8.81. The molecule has 0 unspecified atom stereocenters. The van der Waals surface area contributed by atoms with Crippen molar-refractivity contribution in [2.24, 2.45) is 17.8 Å². The van der Waals surface area contributed by atoms with Crippen molar-refractivity contribution in [2.45, 2.75) is 77.0 Å². The Morgan fingerprint density at radius 1 is 0.926 bits per heavy atom. The lowest BCUT2D eigenvalue weighted by Gasteiger charge is -2.37. The number of alkyl halides is 1. The van der Waals surface area contributed by atoms with E-state index in [0.29, 0.717) is 6.42 Å². The third-order valence-corrected chi connectivity index (χ3v) is 6.83. The molecule has 3 rings (SSSR count). The Morgan fingerprint density at radius 2 is 1.56 bits per heavy atom. The maximum Gasteiger partial charge on any atom is 0.119 e. The van der Waals surface area contributed by atoms with E-state index in [9.17, 15) is 4.39 Å². The Hall–Kier alpha value is -1.31. The molecule has 0 N–H and O–H groups in total. The van der Waals surface area contributed by atoms with Gasteiger partial charge in [0.1, 0.15) is 5.75 Å². The van der Waals surface area contributed by atoms with E-state index in [0.717, 1.165) is 42.4 Å². The molecule has 0 aliphatic heterocycles. The summed E-state index contributed by atoms with van der Waals surface area (Å²) in [6.07, 6.45) is 17.2. The van der Waals surface area contributed by atoms with Gasteiger partial charge in [-0.1, -0.05) is 24.3 Å². The van der Waals surface area contributed by atoms with Crippen LogP contribution in [0.15, 0.2) is 36.4 Å². The zero-order chi connectivity index (χ0) is 18.9. The topological polar surface area (TPSA) is 9.23 Å². The predicted molar refractivity (Wildman–Crippen MR) is 112 cm³/mol. The molecule has 1 aromatic rings. The molecule has 2 fully saturated rings. The van der Waals surface area contributed by atoms with Crippen LogP contribution in [0.5, 0.6) is 5.75 Å². The number of hydrogen-bond acceptors (Lipinski definition) is 1. The molecule has 2 aliphatic carbocycles. The van der Waals surface area contributed by atoms with Gasteiger partial charge in [0.15, 0.2) is 0 Å². The van der Waals surface area contributed by atoms with Crippen molar-refractivity contribution in [3.8, 4) is 5.75 Å². The minimum absolute atomic E-state index is 0.184. The van der Waals surface area contributed by atoms with E-state index in [1.165, 1.54) is 56.9 Å². The summed E-state index contributed by atoms with van der Waals surface area (Å²) in [6.45, 7) is 2.59. The van der Waals surface area contributed by atoms with Crippen LogP contribution < -0.4 is 4.74 Å². The molecule has 0 amide bonds. The molecule has 0 radical (unpaired) electrons. The van der Waals surface area contributed by atoms with Gasteiger partial charge in [0.25, 0.3) is 0 Å². The number of ether oxygens (including phenoxy) is 1. The summed E-state index contributed by atoms with van der Waals surface area (Å²) in [4.78, 5) is 0. The predicted octanol–water partition coefficient (Wildman–Crippen LogP) is 7.47. The molecule has 0 saturated heterocycles. The lowest BCUT2D eigenvalue weighted by molar-refractivity contribution is 0.171. The van der Waals surface area contributed by atoms with Crippen LogP contribution >= 0.6 is 0 Å². The highest BCUT2D eigenvalue weighted by atomic mass is 19.1. The lowest BCUT2D eigenvalue weighted by atomic mass is 9.68. The first-order valence-corrected chi connectivity index (χ1v) is 11.3. The molecule has 0 aromatic heterocycles. The van der Waals surface area contributed by atoms with Gasteiger partial charge in [0.05, 0.1) is 13.3 Å². The second kappa shape index (κ2) is 10.9. The lowest BCUT2D eigenvalue weighted by Crippen LogP contribution is -2.25. The number of rotatable bonds is 8. The molecule has 0 bridgehead atoms. The first-order valence-electron chi connectivity index (χ1n) is 11.3. The highest BCUT2D eigenvalue weighted by Crippen LogP contribution is 2.44. The highest BCUT2D eigenvalue weighted by molar-refractivity contribution is 5.29. The summed E-state index contributed by atoms with van der Waals surface area (Å²) in [7, 11) is 0. The molecular weight excluding hydrogens is 335 g/mol. The van der Waals surface area contributed by atoms with Gasteiger partial charge in [-0.25, -0.2) is 0 Å². The van der Waals surface area contributed by atoms with Crippen LogP contribution in [0, 0.1) is 17.8 Å². The summed E-state index contributed by atoms with van der Waals surface area (Å²) >= 11 is 0. The average molecular weight is 373 g/mol. The molecule has 0 atom stereocenters. The van der Waals surface area contributed by atoms with Crippen LogP contribution in [0.2, 0.25) is 0 Å². The smallest absolute Gasteiger partial charge is 0.119 e. The fraction of sp³-hybridized carbons (Fsp3) is 0.680. The normalized spacial score (nSPS) is 29.1. The van der Waals surface area contributed by atoms with Crippen LogP contribution in [0.25, 0.3) is 0 Å². The van der Waals surface area contributed by atoms with E-state index >= 15 is 0 Å². The Kier molecular flexibility index (Phi) is 8.23. The molecule has 0 heterocycles. The minimum atomic E-state index is -0.184. The van der Waals surface area contributed by atoms with Crippen molar-refractivity contribution in [1.82, 2.24) is 0 Å². The molecule has 27 heavy (non-hydrogen) atoms. The van der Waals surface area contributed by atoms with Crippen LogP contribution in [0.3, 0.4) is 0 Å². The van der Waals surface area contributed by atoms with Crippen molar-refractivity contribution < 1.29 is 9.13 Å². The van der Waals surface area contributed by atoms with Gasteiger partial charge in [-0.3, -0.25) is 4.39 Å². The van der Waals surface area contributed by atoms with E-state index in [1.807, 2.05) is 6.92 Å². The molecule has 1 aromatic carbocycles. The van der Waals surface area contributed by atoms with Gasteiger partial charge in [-0.05, 0) is 112 Å². The Balaban J connectivity index is 1.40. The monoisotopic (exact) mass is 372 g/mol. The number of benzene rings is 1. The zero-order valence-corrected chi connectivity index (χ0v) is 17.0. The van der Waals surface area contributed by atoms with Gasteiger partial charge >= 0.3 is 0 Å². The van der Waals surface area contributed by atoms with Crippen LogP contribution in [0.4, 0.5) is 4.39 Å². The van der Waals surface area contributed by atoms with E-state index in [4.69, 9.17) is 4.74 Å². The van der Waals surface area contributed by atoms with Crippen LogP contribution in [-0.2, 0) is 0 Å². The molecule has 2 heteroatoms. The first kappa shape index (κ1) is 20.4. The first-order chi connectivity index (χ1) is 13.3. The van der Waals surface area contributed by atoms with Crippen molar-refractivity contribution >= 4 is 0 Å². The Morgan fingerprint density at radius 3 is 2.15 bits per heavy atom. The second-order valence-electron chi connectivity index (χ2n) is 8.55. The van der Waals surface area contributed by atoms with Gasteiger partial charge in [0, 0.05) is 0 Å². The molecule has 0 spiro atoms. The number of halogens is 1. The molecule has 1 nitrogen and oxygen atoms in total. The molecule has 2 saturated carbocycles. The molecular formula is C25H37FO. The van der Waals surface area contributed by atoms with Gasteiger partial charge in [0.2, 0.25) is 0 Å². The molecule has 2 aliphatic rings. The minimum Gasteiger partial charge on any atom is -0.494 e. The van der Waals surface area contributed by atoms with Gasteiger partial charge in [-0.15, -0.1) is 0 Å². The van der Waals surface area contributed by atoms with Crippen molar-refractivity contribution in [1.29, 1.82) is 0 Å². The summed E-state index contributed by atoms with van der Waals surface area (Å²) < 4.78 is 17.7. The maximum absolute atomic E-state index is 12.2. The fourth-order valence-corrected chi connectivity index (χ4v) is 5.22. The van der Waals surface area contributed by atoms with Crippen molar-refractivity contribution in [2.75, 3.05) is 13.3 Å². The van der Waals surface area contributed by atoms with E-state index in [1.54, 1.807) is 0 Å². The summed E-state index contributed by atoms with van der Waals surface area (Å²) in [5.74, 6) is 4.38. The maximum atomic E-state index is 12.2. The fourth-order valence-electron chi connectivity index (χ4n) is 5.22. The summed E-state index contributed by atoms with van der Waals surface area (Å²) in [5, 5.41) is 0. The second-order valence-corrected chi connectivity index (χ2v) is 8.55. The summed E-state index contributed by atoms with van der Waals surface area (Å²) in [5.41, 5.74) is 1.50. The SMILES string of the molecule is CCOc1ccc(C2CCC([C@H]3CC[C@H](/C=C/CCCF)CC3)CC2)cc1. The van der Waals surface area contributed by atoms with E-state index < -0.39 is 0 Å². The van der Waals surface area contributed by atoms with Crippen LogP contribution in [0.1, 0.15) is 82.6 Å². The van der Waals surface area contributed by atoms with Crippen molar-refractivity contribution in [3.05, 3.63) is 42.0 Å². The third kappa shape index (κ3) is 6.09. The van der Waals surface area contributed by atoms with Crippen molar-refractivity contribution in [3.63, 3.8) is 0 Å². The quantitative estimate of drug-likeness (QED) is 0.340. The van der Waals surface area contributed by atoms with Gasteiger partial charge < -0.3 is 4.74 Å². The van der Waals surface area contributed by atoms with E-state index in [-0.39, 0.29) is 6.67 Å². The Labute approximate surface area is 165 Å². The average Bonchev–Trinajstić information content (AvgIpc) is 2.73. The van der Waals surface area contributed by atoms with Crippen LogP contribution in [-0.4, -0.2) is 13.3 Å². The van der Waals surface area contributed by atoms with E-state index in [2.05, 4.69) is 36.4 Å². The third-order valence-electron chi connectivity index (χ3n) is 6.83. The number of allylic oxidation sites excluding steroid dienone is 2. The van der Waals surface area contributed by atoms with Gasteiger partial charge in [-0.2, -0.15) is 0 Å². The number of unbranched alkanes of at least 4 members (excludes halogenated alkanes) is 1. The zero-order valence-electron chi connectivity index (χ0n) is 17.0.